The van der Waals surface area contributed by atoms with Crippen LogP contribution in [0.4, 0.5) is 0 Å². The van der Waals surface area contributed by atoms with Gasteiger partial charge in [0.25, 0.3) is 0 Å². The van der Waals surface area contributed by atoms with E-state index in [2.05, 4.69) is 175 Å². The average Bonchev–Trinajstić information content (AvgIpc) is 3.94. The minimum absolute atomic E-state index is 0.167. The van der Waals surface area contributed by atoms with Crippen molar-refractivity contribution in [3.8, 4) is 5.69 Å². The SMILES string of the molecule is CC1C/C=C(\c2ccc3c(c2)oc2ccccc23)NC(c2ccc(-n3c4ccccc4c4cc5ccccc5cc43)c3oc4ccccc4c23)/N=C\1c1ccccc1. The van der Waals surface area contributed by atoms with Crippen LogP contribution < -0.4 is 5.32 Å². The van der Waals surface area contributed by atoms with Crippen LogP contribution in [-0.4, -0.2) is 10.3 Å². The monoisotopic (exact) mass is 747 g/mol. The molecule has 5 heteroatoms. The summed E-state index contributed by atoms with van der Waals surface area (Å²) in [7, 11) is 0. The molecular weight excluding hydrogens is 711 g/mol. The fourth-order valence-electron chi connectivity index (χ4n) is 9.28. The summed E-state index contributed by atoms with van der Waals surface area (Å²) < 4.78 is 15.7. The molecule has 0 saturated carbocycles. The lowest BCUT2D eigenvalue weighted by atomic mass is 9.92. The van der Waals surface area contributed by atoms with Gasteiger partial charge in [0.1, 0.15) is 22.9 Å². The molecule has 0 aliphatic carbocycles. The first kappa shape index (κ1) is 32.8. The van der Waals surface area contributed by atoms with Gasteiger partial charge in [-0.3, -0.25) is 4.99 Å². The minimum Gasteiger partial charge on any atom is -0.456 e. The fraction of sp³-hybridized carbons (Fsp3) is 0.0755. The van der Waals surface area contributed by atoms with Crippen LogP contribution in [0, 0.1) is 5.92 Å². The number of furan rings is 2. The van der Waals surface area contributed by atoms with Crippen LogP contribution in [0.1, 0.15) is 36.2 Å². The highest BCUT2D eigenvalue weighted by molar-refractivity contribution is 6.16. The second kappa shape index (κ2) is 12.8. The highest BCUT2D eigenvalue weighted by Crippen LogP contribution is 2.43. The van der Waals surface area contributed by atoms with Crippen LogP contribution in [-0.2, 0) is 0 Å². The third kappa shape index (κ3) is 5.06. The van der Waals surface area contributed by atoms with Crippen LogP contribution in [0.15, 0.2) is 190 Å². The van der Waals surface area contributed by atoms with Gasteiger partial charge >= 0.3 is 0 Å². The smallest absolute Gasteiger partial charge is 0.159 e. The van der Waals surface area contributed by atoms with Gasteiger partial charge in [0.2, 0.25) is 0 Å². The van der Waals surface area contributed by atoms with Crippen LogP contribution in [0.25, 0.3) is 87.8 Å². The first-order valence-electron chi connectivity index (χ1n) is 20.0. The zero-order valence-corrected chi connectivity index (χ0v) is 31.8. The summed E-state index contributed by atoms with van der Waals surface area (Å²) in [5.74, 6) is 0.167. The topological polar surface area (TPSA) is 55.6 Å². The number of rotatable bonds is 4. The van der Waals surface area contributed by atoms with Crippen LogP contribution in [0.2, 0.25) is 0 Å². The largest absolute Gasteiger partial charge is 0.456 e. The van der Waals surface area contributed by atoms with Gasteiger partial charge in [-0.15, -0.1) is 0 Å². The number of hydrogen-bond acceptors (Lipinski definition) is 4. The van der Waals surface area contributed by atoms with E-state index in [1.807, 2.05) is 18.2 Å². The van der Waals surface area contributed by atoms with Crippen molar-refractivity contribution in [2.45, 2.75) is 19.5 Å². The average molecular weight is 748 g/mol. The minimum atomic E-state index is -0.435. The van der Waals surface area contributed by atoms with Gasteiger partial charge in [-0.2, -0.15) is 0 Å². The van der Waals surface area contributed by atoms with Crippen molar-refractivity contribution in [3.05, 3.63) is 193 Å². The lowest BCUT2D eigenvalue weighted by Gasteiger charge is -2.26. The molecule has 1 aliphatic rings. The Kier molecular flexibility index (Phi) is 7.27. The molecule has 276 valence electrons. The Morgan fingerprint density at radius 1 is 0.552 bits per heavy atom. The van der Waals surface area contributed by atoms with Crippen molar-refractivity contribution < 1.29 is 8.83 Å². The Morgan fingerprint density at radius 2 is 1.24 bits per heavy atom. The summed E-state index contributed by atoms with van der Waals surface area (Å²) in [6, 6.07) is 60.2. The summed E-state index contributed by atoms with van der Waals surface area (Å²) in [5, 5.41) is 13.2. The molecular formula is C53H37N3O2. The molecule has 8 aromatic carbocycles. The van der Waals surface area contributed by atoms with Crippen LogP contribution in [0.3, 0.4) is 0 Å². The fourth-order valence-corrected chi connectivity index (χ4v) is 9.28. The van der Waals surface area contributed by atoms with Gasteiger partial charge in [-0.25, -0.2) is 0 Å². The maximum atomic E-state index is 6.98. The van der Waals surface area contributed by atoms with Gasteiger partial charge in [-0.1, -0.05) is 134 Å². The first-order valence-corrected chi connectivity index (χ1v) is 20.0. The molecule has 2 unspecified atom stereocenters. The van der Waals surface area contributed by atoms with Gasteiger partial charge in [-0.05, 0) is 71.3 Å². The van der Waals surface area contributed by atoms with E-state index in [1.54, 1.807) is 0 Å². The highest BCUT2D eigenvalue weighted by atomic mass is 16.3. The molecule has 0 spiro atoms. The van der Waals surface area contributed by atoms with E-state index >= 15 is 0 Å². The normalized spacial score (nSPS) is 18.1. The molecule has 4 heterocycles. The number of benzene rings is 8. The summed E-state index contributed by atoms with van der Waals surface area (Å²) in [6.45, 7) is 2.28. The molecule has 0 radical (unpaired) electrons. The van der Waals surface area contributed by atoms with E-state index in [0.717, 1.165) is 95.1 Å². The van der Waals surface area contributed by atoms with E-state index in [0.29, 0.717) is 0 Å². The van der Waals surface area contributed by atoms with Gasteiger partial charge < -0.3 is 18.7 Å². The molecule has 2 atom stereocenters. The van der Waals surface area contributed by atoms with E-state index < -0.39 is 6.17 Å². The number of para-hydroxylation sites is 3. The van der Waals surface area contributed by atoms with Crippen molar-refractivity contribution in [1.29, 1.82) is 0 Å². The first-order chi connectivity index (χ1) is 28.7. The number of allylic oxidation sites excluding steroid dienone is 1. The van der Waals surface area contributed by atoms with Crippen molar-refractivity contribution >= 4 is 87.9 Å². The van der Waals surface area contributed by atoms with E-state index in [-0.39, 0.29) is 5.92 Å². The lowest BCUT2D eigenvalue weighted by Crippen LogP contribution is -2.25. The van der Waals surface area contributed by atoms with Crippen molar-refractivity contribution in [1.82, 2.24) is 9.88 Å². The number of nitrogens with one attached hydrogen (secondary N) is 1. The van der Waals surface area contributed by atoms with Crippen LogP contribution >= 0.6 is 0 Å². The van der Waals surface area contributed by atoms with E-state index in [9.17, 15) is 0 Å². The molecule has 0 saturated heterocycles. The van der Waals surface area contributed by atoms with E-state index in [1.165, 1.54) is 21.5 Å². The Balaban J connectivity index is 1.10. The third-order valence-electron chi connectivity index (χ3n) is 12.1. The summed E-state index contributed by atoms with van der Waals surface area (Å²) in [4.78, 5) is 5.69. The molecule has 0 amide bonds. The molecule has 12 rings (SSSR count). The number of hydrogen-bond donors (Lipinski definition) is 1. The predicted octanol–water partition coefficient (Wildman–Crippen LogP) is 13.9. The molecule has 3 aromatic heterocycles. The number of aliphatic imine (C=N–C) groups is 1. The van der Waals surface area contributed by atoms with Crippen molar-refractivity contribution in [3.63, 3.8) is 0 Å². The van der Waals surface area contributed by atoms with Crippen molar-refractivity contribution in [2.75, 3.05) is 0 Å². The second-order valence-corrected chi connectivity index (χ2v) is 15.5. The Bertz CT molecular complexity index is 3490. The predicted molar refractivity (Wildman–Crippen MR) is 240 cm³/mol. The Labute approximate surface area is 334 Å². The van der Waals surface area contributed by atoms with Crippen LogP contribution in [0.5, 0.6) is 0 Å². The summed E-state index contributed by atoms with van der Waals surface area (Å²) in [5.41, 5.74) is 12.0. The molecule has 1 N–H and O–H groups in total. The standard InChI is InChI=1S/C53H37N3O2/c1-32-23-27-43(36-24-25-39-38-18-8-11-21-47(38)57-49(39)31-36)54-53(55-51(32)33-13-3-2-4-14-33)41-26-28-45(52-50(41)40-19-9-12-22-48(40)58-52)56-44-20-10-7-17-37(44)42-29-34-15-5-6-16-35(34)30-46(42)56/h2-22,24-32,53-54H,23H2,1H3/b43-27+,55-51+. The molecule has 58 heavy (non-hydrogen) atoms. The zero-order valence-electron chi connectivity index (χ0n) is 31.8. The zero-order chi connectivity index (χ0) is 38.3. The third-order valence-corrected chi connectivity index (χ3v) is 12.1. The number of nitrogens with zero attached hydrogens (tertiary/aromatic N) is 2. The Morgan fingerprint density at radius 3 is 2.09 bits per heavy atom. The molecule has 5 nitrogen and oxygen atoms in total. The second-order valence-electron chi connectivity index (χ2n) is 15.5. The van der Waals surface area contributed by atoms with E-state index in [4.69, 9.17) is 13.8 Å². The maximum Gasteiger partial charge on any atom is 0.159 e. The summed E-state index contributed by atoms with van der Waals surface area (Å²) in [6.07, 6.45) is 2.72. The molecule has 11 aromatic rings. The lowest BCUT2D eigenvalue weighted by molar-refractivity contribution is 0.641. The molecule has 1 aliphatic heterocycles. The Hall–Kier alpha value is -7.37. The maximum absolute atomic E-state index is 6.98. The highest BCUT2D eigenvalue weighted by Gasteiger charge is 2.27. The van der Waals surface area contributed by atoms with Gasteiger partial charge in [0, 0.05) is 60.8 Å². The molecule has 0 fully saturated rings. The number of fused-ring (bicyclic) bond motifs is 10. The van der Waals surface area contributed by atoms with Gasteiger partial charge in [0.05, 0.1) is 16.7 Å². The molecule has 0 bridgehead atoms. The van der Waals surface area contributed by atoms with Crippen molar-refractivity contribution in [2.24, 2.45) is 10.9 Å². The quantitative estimate of drug-likeness (QED) is 0.195. The summed E-state index contributed by atoms with van der Waals surface area (Å²) >= 11 is 0. The van der Waals surface area contributed by atoms with Gasteiger partial charge in [0.15, 0.2) is 5.58 Å². The number of aromatic nitrogens is 1.